The first-order valence-corrected chi connectivity index (χ1v) is 10.9. The van der Waals surface area contributed by atoms with Crippen LogP contribution in [0.4, 0.5) is 10.2 Å². The molecule has 166 valence electrons. The number of nitrogens with two attached hydrogens (primary N) is 2. The highest BCUT2D eigenvalue weighted by Crippen LogP contribution is 2.38. The molecule has 31 heavy (non-hydrogen) atoms. The van der Waals surface area contributed by atoms with E-state index >= 15 is 0 Å². The van der Waals surface area contributed by atoms with Crippen LogP contribution in [0.5, 0.6) is 5.75 Å². The van der Waals surface area contributed by atoms with Crippen molar-refractivity contribution in [2.45, 2.75) is 38.3 Å². The van der Waals surface area contributed by atoms with Crippen molar-refractivity contribution in [2.75, 3.05) is 18.8 Å². The van der Waals surface area contributed by atoms with Crippen molar-refractivity contribution in [2.24, 2.45) is 10.7 Å². The Labute approximate surface area is 191 Å². The molecule has 1 aromatic carbocycles. The smallest absolute Gasteiger partial charge is 0.166 e. The van der Waals surface area contributed by atoms with Crippen LogP contribution in [0, 0.1) is 5.82 Å². The van der Waals surface area contributed by atoms with E-state index in [0.29, 0.717) is 33.9 Å². The third kappa shape index (κ3) is 5.67. The summed E-state index contributed by atoms with van der Waals surface area (Å²) in [5, 5.41) is 3.56. The highest BCUT2D eigenvalue weighted by Gasteiger charge is 2.22. The number of anilines is 1. The molecule has 0 aliphatic carbocycles. The van der Waals surface area contributed by atoms with Crippen LogP contribution >= 0.6 is 23.2 Å². The van der Waals surface area contributed by atoms with E-state index in [1.54, 1.807) is 18.5 Å². The molecule has 1 aliphatic heterocycles. The van der Waals surface area contributed by atoms with E-state index in [-0.39, 0.29) is 16.9 Å². The van der Waals surface area contributed by atoms with Gasteiger partial charge < -0.3 is 21.5 Å². The van der Waals surface area contributed by atoms with Crippen LogP contribution in [0.3, 0.4) is 0 Å². The lowest BCUT2D eigenvalue weighted by Gasteiger charge is -2.22. The summed E-state index contributed by atoms with van der Waals surface area (Å²) in [5.41, 5.74) is 13.7. The van der Waals surface area contributed by atoms with E-state index in [0.717, 1.165) is 25.9 Å². The zero-order valence-corrected chi connectivity index (χ0v) is 18.8. The molecule has 2 aromatic rings. The number of benzene rings is 1. The van der Waals surface area contributed by atoms with Gasteiger partial charge in [-0.1, -0.05) is 30.1 Å². The predicted molar refractivity (Wildman–Crippen MR) is 125 cm³/mol. The van der Waals surface area contributed by atoms with E-state index in [1.165, 1.54) is 18.3 Å². The second-order valence-corrected chi connectivity index (χ2v) is 8.05. The molecule has 1 fully saturated rings. The zero-order chi connectivity index (χ0) is 22.4. The van der Waals surface area contributed by atoms with Crippen LogP contribution in [0.2, 0.25) is 10.0 Å². The maximum absolute atomic E-state index is 14.0. The number of nitrogen functional groups attached to an aromatic ring is 1. The number of ether oxygens (including phenoxy) is 1. The third-order valence-corrected chi connectivity index (χ3v) is 5.88. The quantitative estimate of drug-likeness (QED) is 0.404. The second-order valence-electron chi connectivity index (χ2n) is 7.26. The van der Waals surface area contributed by atoms with Gasteiger partial charge in [-0.2, -0.15) is 0 Å². The maximum Gasteiger partial charge on any atom is 0.166 e. The number of aliphatic imine (C=N–C) groups is 1. The van der Waals surface area contributed by atoms with Gasteiger partial charge in [-0.25, -0.2) is 9.37 Å². The molecule has 1 unspecified atom stereocenters. The number of nitrogens with one attached hydrogen (secondary N) is 1. The molecule has 1 saturated heterocycles. The van der Waals surface area contributed by atoms with E-state index in [1.807, 2.05) is 6.92 Å². The minimum atomic E-state index is -0.608. The van der Waals surface area contributed by atoms with Gasteiger partial charge in [0.05, 0.1) is 11.1 Å². The van der Waals surface area contributed by atoms with Crippen LogP contribution in [0.1, 0.15) is 43.4 Å². The fraction of sp³-hybridized carbons (Fsp3) is 0.364. The van der Waals surface area contributed by atoms with E-state index in [2.05, 4.69) is 15.3 Å². The molecule has 3 rings (SSSR count). The molecule has 0 bridgehead atoms. The van der Waals surface area contributed by atoms with Crippen molar-refractivity contribution < 1.29 is 9.13 Å². The van der Waals surface area contributed by atoms with E-state index < -0.39 is 11.9 Å². The summed E-state index contributed by atoms with van der Waals surface area (Å²) in [7, 11) is 0. The second kappa shape index (κ2) is 10.8. The number of piperidine rings is 1. The van der Waals surface area contributed by atoms with Gasteiger partial charge in [0.15, 0.2) is 11.6 Å². The summed E-state index contributed by atoms with van der Waals surface area (Å²) in [6.45, 7) is 3.79. The molecule has 1 aliphatic rings. The highest BCUT2D eigenvalue weighted by atomic mass is 35.5. The van der Waals surface area contributed by atoms with Crippen molar-refractivity contribution in [1.82, 2.24) is 10.3 Å². The van der Waals surface area contributed by atoms with Crippen molar-refractivity contribution in [1.29, 1.82) is 0 Å². The lowest BCUT2D eigenvalue weighted by Crippen LogP contribution is -2.29. The average molecular weight is 466 g/mol. The Morgan fingerprint density at radius 2 is 2.13 bits per heavy atom. The largest absolute Gasteiger partial charge is 0.482 e. The summed E-state index contributed by atoms with van der Waals surface area (Å²) >= 11 is 12.4. The first kappa shape index (κ1) is 23.3. The van der Waals surface area contributed by atoms with Crippen molar-refractivity contribution in [3.05, 3.63) is 57.6 Å². The van der Waals surface area contributed by atoms with Gasteiger partial charge in [-0.15, -0.1) is 0 Å². The molecule has 6 nitrogen and oxygen atoms in total. The molecular weight excluding hydrogens is 440 g/mol. The van der Waals surface area contributed by atoms with Crippen LogP contribution in [0.15, 0.2) is 35.6 Å². The number of pyridine rings is 1. The Kier molecular flexibility index (Phi) is 8.12. The molecule has 1 aromatic heterocycles. The number of allylic oxidation sites excluding steroid dienone is 1. The molecule has 0 spiro atoms. The number of aromatic nitrogens is 1. The van der Waals surface area contributed by atoms with Crippen LogP contribution in [0.25, 0.3) is 5.57 Å². The Morgan fingerprint density at radius 3 is 2.81 bits per heavy atom. The minimum absolute atomic E-state index is 0.0707. The van der Waals surface area contributed by atoms with Gasteiger partial charge in [-0.05, 0) is 50.6 Å². The van der Waals surface area contributed by atoms with Crippen LogP contribution in [-0.2, 0) is 0 Å². The van der Waals surface area contributed by atoms with Crippen LogP contribution < -0.4 is 21.5 Å². The fourth-order valence-electron chi connectivity index (χ4n) is 3.40. The number of halogens is 3. The molecule has 1 atom stereocenters. The Hall–Kier alpha value is -2.35. The Balaban J connectivity index is 1.86. The summed E-state index contributed by atoms with van der Waals surface area (Å²) in [6.07, 6.45) is 6.68. The van der Waals surface area contributed by atoms with Gasteiger partial charge in [0.25, 0.3) is 0 Å². The number of hydrogen-bond acceptors (Lipinski definition) is 6. The summed E-state index contributed by atoms with van der Waals surface area (Å²) < 4.78 is 20.1. The molecule has 0 saturated carbocycles. The summed E-state index contributed by atoms with van der Waals surface area (Å²) in [4.78, 5) is 8.88. The fourth-order valence-corrected chi connectivity index (χ4v) is 4.01. The lowest BCUT2D eigenvalue weighted by atomic mass is 10.1. The first-order chi connectivity index (χ1) is 14.9. The van der Waals surface area contributed by atoms with Gasteiger partial charge in [0.2, 0.25) is 0 Å². The normalized spacial score (nSPS) is 16.6. The lowest BCUT2D eigenvalue weighted by molar-refractivity contribution is 0.201. The van der Waals surface area contributed by atoms with Gasteiger partial charge in [0.1, 0.15) is 11.9 Å². The molecular formula is C22H26Cl2FN5O. The minimum Gasteiger partial charge on any atom is -0.482 e. The van der Waals surface area contributed by atoms with Crippen molar-refractivity contribution >= 4 is 40.8 Å². The van der Waals surface area contributed by atoms with Gasteiger partial charge >= 0.3 is 0 Å². The standard InChI is InChI=1S/C22H26Cl2FN5O/c1-2-18(20-16(23)3-4-17(25)21(20)24)31-19-9-13(11-30-22(19)27)14(10-26)12-29-15-5-7-28-8-6-15/h3-4,9-12,15,18,28H,2,5-8,26H2,1H3,(H2,27,30). The predicted octanol–water partition coefficient (Wildman–Crippen LogP) is 4.76. The number of rotatable bonds is 7. The molecule has 2 heterocycles. The number of hydrogen-bond donors (Lipinski definition) is 3. The van der Waals surface area contributed by atoms with Crippen molar-refractivity contribution in [3.63, 3.8) is 0 Å². The van der Waals surface area contributed by atoms with Crippen LogP contribution in [-0.4, -0.2) is 30.3 Å². The van der Waals surface area contributed by atoms with Gasteiger partial charge in [-0.3, -0.25) is 4.99 Å². The molecule has 0 amide bonds. The average Bonchev–Trinajstić information content (AvgIpc) is 2.78. The highest BCUT2D eigenvalue weighted by molar-refractivity contribution is 6.36. The summed E-state index contributed by atoms with van der Waals surface area (Å²) in [5.74, 6) is -0.0432. The molecule has 9 heteroatoms. The molecule has 5 N–H and O–H groups in total. The summed E-state index contributed by atoms with van der Waals surface area (Å²) in [6, 6.07) is 4.67. The van der Waals surface area contributed by atoms with E-state index in [9.17, 15) is 4.39 Å². The zero-order valence-electron chi connectivity index (χ0n) is 17.2. The van der Waals surface area contributed by atoms with E-state index in [4.69, 9.17) is 39.4 Å². The van der Waals surface area contributed by atoms with Crippen molar-refractivity contribution in [3.8, 4) is 5.75 Å². The third-order valence-electron chi connectivity index (χ3n) is 5.17. The Morgan fingerprint density at radius 1 is 1.39 bits per heavy atom. The maximum atomic E-state index is 14.0. The monoisotopic (exact) mass is 465 g/mol. The SMILES string of the molecule is CCC(Oc1cc(C(C=NC2CCNCC2)=CN)cnc1N)c1c(Cl)ccc(F)c1Cl. The topological polar surface area (TPSA) is 98.5 Å². The number of nitrogens with zero attached hydrogens (tertiary/aromatic N) is 2. The molecule has 0 radical (unpaired) electrons. The first-order valence-electron chi connectivity index (χ1n) is 10.2. The van der Waals surface area contributed by atoms with Gasteiger partial charge in [0, 0.05) is 40.3 Å². The Bertz CT molecular complexity index is 977.